The summed E-state index contributed by atoms with van der Waals surface area (Å²) in [6, 6.07) is 15.1. The average Bonchev–Trinajstić information content (AvgIpc) is 3.05. The maximum atomic E-state index is 13.0. The molecule has 2 aliphatic heterocycles. The minimum absolute atomic E-state index is 0.0852. The predicted octanol–water partition coefficient (Wildman–Crippen LogP) is 3.38. The summed E-state index contributed by atoms with van der Waals surface area (Å²) in [6.45, 7) is 6.30. The lowest BCUT2D eigenvalue weighted by Crippen LogP contribution is -2.44. The van der Waals surface area contributed by atoms with Crippen LogP contribution in [-0.4, -0.2) is 38.4 Å². The van der Waals surface area contributed by atoms with Crippen LogP contribution in [0.15, 0.2) is 59.0 Å². The quantitative estimate of drug-likeness (QED) is 0.720. The number of amides is 1. The number of nitrogens with zero attached hydrogens (tertiary/aromatic N) is 1. The molecule has 0 aromatic heterocycles. The van der Waals surface area contributed by atoms with Gasteiger partial charge < -0.3 is 5.32 Å². The topological polar surface area (TPSA) is 78.5 Å². The van der Waals surface area contributed by atoms with Crippen molar-refractivity contribution in [3.8, 4) is 0 Å². The minimum Gasteiger partial charge on any atom is -0.321 e. The molecule has 0 atom stereocenters. The molecule has 7 heteroatoms. The Morgan fingerprint density at radius 1 is 1.10 bits per heavy atom. The standard InChI is InChI=1S/C23H27N3O3S/c1-16(2)22-20-14-19(8-9-21(20)24-23(22)27)30(28,29)25-18-10-12-26(13-11-18)15-17-6-4-3-5-7-17/h3-9,14,18,25H,10-13,15H2,1-2H3,(H,24,27). The molecule has 0 bridgehead atoms. The summed E-state index contributed by atoms with van der Waals surface area (Å²) >= 11 is 0. The van der Waals surface area contributed by atoms with E-state index in [1.54, 1.807) is 18.2 Å². The van der Waals surface area contributed by atoms with Crippen LogP contribution in [-0.2, 0) is 21.4 Å². The first kappa shape index (κ1) is 20.8. The number of anilines is 1. The number of likely N-dealkylation sites (tertiary alicyclic amines) is 1. The third-order valence-electron chi connectivity index (χ3n) is 5.70. The molecule has 0 aliphatic carbocycles. The van der Waals surface area contributed by atoms with Gasteiger partial charge in [0.2, 0.25) is 10.0 Å². The molecular formula is C23H27N3O3S. The summed E-state index contributed by atoms with van der Waals surface area (Å²) in [6.07, 6.45) is 1.55. The maximum Gasteiger partial charge on any atom is 0.256 e. The lowest BCUT2D eigenvalue weighted by Gasteiger charge is -2.32. The van der Waals surface area contributed by atoms with Crippen molar-refractivity contribution in [2.24, 2.45) is 0 Å². The van der Waals surface area contributed by atoms with Crippen LogP contribution in [0, 0.1) is 0 Å². The highest BCUT2D eigenvalue weighted by molar-refractivity contribution is 7.89. The van der Waals surface area contributed by atoms with E-state index in [1.807, 2.05) is 32.0 Å². The molecule has 6 nitrogen and oxygen atoms in total. The Labute approximate surface area is 178 Å². The second-order valence-corrected chi connectivity index (χ2v) is 9.91. The van der Waals surface area contributed by atoms with Gasteiger partial charge in [0.25, 0.3) is 5.91 Å². The third kappa shape index (κ3) is 4.33. The smallest absolute Gasteiger partial charge is 0.256 e. The fourth-order valence-corrected chi connectivity index (χ4v) is 5.48. The molecule has 30 heavy (non-hydrogen) atoms. The molecule has 2 aliphatic rings. The summed E-state index contributed by atoms with van der Waals surface area (Å²) in [4.78, 5) is 14.7. The van der Waals surface area contributed by atoms with Crippen LogP contribution in [0.3, 0.4) is 0 Å². The van der Waals surface area contributed by atoms with Gasteiger partial charge in [-0.05, 0) is 50.5 Å². The summed E-state index contributed by atoms with van der Waals surface area (Å²) < 4.78 is 28.8. The molecular weight excluding hydrogens is 398 g/mol. The molecule has 4 rings (SSSR count). The van der Waals surface area contributed by atoms with E-state index in [1.165, 1.54) is 5.56 Å². The van der Waals surface area contributed by atoms with Crippen molar-refractivity contribution in [1.29, 1.82) is 0 Å². The normalized spacial score (nSPS) is 17.7. The largest absolute Gasteiger partial charge is 0.321 e. The van der Waals surface area contributed by atoms with Crippen LogP contribution in [0.1, 0.15) is 37.8 Å². The molecule has 0 unspecified atom stereocenters. The second-order valence-electron chi connectivity index (χ2n) is 8.19. The van der Waals surface area contributed by atoms with Gasteiger partial charge in [0.05, 0.1) is 4.90 Å². The first-order valence-corrected chi connectivity index (χ1v) is 11.7. The number of sulfonamides is 1. The summed E-state index contributed by atoms with van der Waals surface area (Å²) in [5.41, 5.74) is 3.99. The molecule has 1 amide bonds. The minimum atomic E-state index is -3.65. The van der Waals surface area contributed by atoms with Gasteiger partial charge in [-0.15, -0.1) is 0 Å². The number of carbonyl (C=O) groups excluding carboxylic acids is 1. The SMILES string of the molecule is CC(C)=C1C(=O)Nc2ccc(S(=O)(=O)NC3CCN(Cc4ccccc4)CC3)cc21. The number of nitrogens with one attached hydrogen (secondary N) is 2. The lowest BCUT2D eigenvalue weighted by atomic mass is 10.0. The zero-order chi connectivity index (χ0) is 21.3. The Balaban J connectivity index is 1.42. The molecule has 158 valence electrons. The van der Waals surface area contributed by atoms with E-state index in [4.69, 9.17) is 0 Å². The molecule has 2 aromatic carbocycles. The van der Waals surface area contributed by atoms with Crippen LogP contribution in [0.4, 0.5) is 5.69 Å². The van der Waals surface area contributed by atoms with Crippen LogP contribution in [0.2, 0.25) is 0 Å². The Morgan fingerprint density at radius 2 is 1.80 bits per heavy atom. The molecule has 2 heterocycles. The van der Waals surface area contributed by atoms with E-state index >= 15 is 0 Å². The monoisotopic (exact) mass is 425 g/mol. The summed E-state index contributed by atoms with van der Waals surface area (Å²) in [5.74, 6) is -0.182. The van der Waals surface area contributed by atoms with Gasteiger partial charge in [-0.2, -0.15) is 0 Å². The van der Waals surface area contributed by atoms with Crippen molar-refractivity contribution in [2.45, 2.75) is 44.2 Å². The maximum absolute atomic E-state index is 13.0. The Bertz CT molecular complexity index is 1080. The Morgan fingerprint density at radius 3 is 2.47 bits per heavy atom. The van der Waals surface area contributed by atoms with E-state index in [0.29, 0.717) is 16.8 Å². The van der Waals surface area contributed by atoms with Crippen LogP contribution in [0.25, 0.3) is 5.57 Å². The van der Waals surface area contributed by atoms with Crippen LogP contribution >= 0.6 is 0 Å². The number of hydrogen-bond donors (Lipinski definition) is 2. The van der Waals surface area contributed by atoms with Crippen LogP contribution in [0.5, 0.6) is 0 Å². The molecule has 1 saturated heterocycles. The number of allylic oxidation sites excluding steroid dienone is 1. The third-order valence-corrected chi connectivity index (χ3v) is 7.22. The average molecular weight is 426 g/mol. The van der Waals surface area contributed by atoms with Gasteiger partial charge in [-0.3, -0.25) is 9.69 Å². The number of fused-ring (bicyclic) bond motifs is 1. The second kappa shape index (κ2) is 8.34. The summed E-state index contributed by atoms with van der Waals surface area (Å²) in [5, 5.41) is 2.80. The molecule has 2 aromatic rings. The number of carbonyl (C=O) groups is 1. The highest BCUT2D eigenvalue weighted by Gasteiger charge is 2.29. The van der Waals surface area contributed by atoms with Crippen molar-refractivity contribution < 1.29 is 13.2 Å². The van der Waals surface area contributed by atoms with Crippen molar-refractivity contribution in [2.75, 3.05) is 18.4 Å². The van der Waals surface area contributed by atoms with Gasteiger partial charge in [-0.1, -0.05) is 35.9 Å². The van der Waals surface area contributed by atoms with E-state index in [2.05, 4.69) is 27.1 Å². The Kier molecular flexibility index (Phi) is 5.77. The van der Waals surface area contributed by atoms with Crippen LogP contribution < -0.4 is 10.0 Å². The lowest BCUT2D eigenvalue weighted by molar-refractivity contribution is -0.110. The van der Waals surface area contributed by atoms with Crippen molar-refractivity contribution in [3.05, 3.63) is 65.2 Å². The molecule has 1 fully saturated rings. The van der Waals surface area contributed by atoms with Gasteiger partial charge in [-0.25, -0.2) is 13.1 Å². The van der Waals surface area contributed by atoms with E-state index in [9.17, 15) is 13.2 Å². The number of benzene rings is 2. The zero-order valence-corrected chi connectivity index (χ0v) is 18.1. The first-order valence-electron chi connectivity index (χ1n) is 10.3. The fraction of sp³-hybridized carbons (Fsp3) is 0.348. The van der Waals surface area contributed by atoms with Crippen molar-refractivity contribution in [3.63, 3.8) is 0 Å². The van der Waals surface area contributed by atoms with Crippen molar-refractivity contribution in [1.82, 2.24) is 9.62 Å². The predicted molar refractivity (Wildman–Crippen MR) is 118 cm³/mol. The highest BCUT2D eigenvalue weighted by atomic mass is 32.2. The highest BCUT2D eigenvalue weighted by Crippen LogP contribution is 2.35. The van der Waals surface area contributed by atoms with Crippen molar-refractivity contribution >= 4 is 27.2 Å². The fourth-order valence-electron chi connectivity index (χ4n) is 4.15. The number of piperidine rings is 1. The molecule has 0 spiro atoms. The number of rotatable bonds is 5. The van der Waals surface area contributed by atoms with Gasteiger partial charge in [0.1, 0.15) is 0 Å². The van der Waals surface area contributed by atoms with Gasteiger partial charge >= 0.3 is 0 Å². The van der Waals surface area contributed by atoms with E-state index < -0.39 is 10.0 Å². The van der Waals surface area contributed by atoms with E-state index in [-0.39, 0.29) is 16.8 Å². The Hall–Kier alpha value is -2.48. The molecule has 2 N–H and O–H groups in total. The number of hydrogen-bond acceptors (Lipinski definition) is 4. The van der Waals surface area contributed by atoms with Gasteiger partial charge in [0, 0.05) is 42.5 Å². The first-order chi connectivity index (χ1) is 14.3. The molecule has 0 saturated carbocycles. The zero-order valence-electron chi connectivity index (χ0n) is 17.3. The molecule has 0 radical (unpaired) electrons. The van der Waals surface area contributed by atoms with Gasteiger partial charge in [0.15, 0.2) is 0 Å². The summed E-state index contributed by atoms with van der Waals surface area (Å²) in [7, 11) is -3.65. The van der Waals surface area contributed by atoms with E-state index in [0.717, 1.165) is 38.0 Å².